The number of phenols is 2. The van der Waals surface area contributed by atoms with Crippen LogP contribution < -0.4 is 9.47 Å². The number of aromatic nitrogens is 6. The molecule has 0 unspecified atom stereocenters. The lowest BCUT2D eigenvalue weighted by molar-refractivity contribution is 0.338. The van der Waals surface area contributed by atoms with E-state index in [0.717, 1.165) is 22.3 Å². The van der Waals surface area contributed by atoms with Gasteiger partial charge < -0.3 is 19.7 Å². The first-order chi connectivity index (χ1) is 27.0. The molecule has 0 atom stereocenters. The molecule has 0 amide bonds. The molecule has 0 spiro atoms. The monoisotopic (exact) mass is 724 g/mol. The molecule has 0 bridgehead atoms. The first-order valence-corrected chi connectivity index (χ1v) is 17.6. The Morgan fingerprint density at radius 1 is 0.400 bits per heavy atom. The average Bonchev–Trinajstić information content (AvgIpc) is 3.25. The van der Waals surface area contributed by atoms with Gasteiger partial charge in [-0.3, -0.25) is 0 Å². The molecule has 55 heavy (non-hydrogen) atoms. The molecule has 10 nitrogen and oxygen atoms in total. The van der Waals surface area contributed by atoms with E-state index >= 15 is 0 Å². The molecule has 8 aromatic rings. The molecule has 0 radical (unpaired) electrons. The average molecular weight is 725 g/mol. The van der Waals surface area contributed by atoms with Crippen LogP contribution in [0.1, 0.15) is 6.92 Å². The minimum absolute atomic E-state index is 0.0542. The SMILES string of the molecule is CCOc1ccc(-c2nc(-c3ccccc3)nc(-c3ccccc3)n2)c(O)c1.COc1ccc(-c2nc(-c3ccccc3)nc(-c3ccccc3)n2)c(O)c1. The molecule has 0 fully saturated rings. The Kier molecular flexibility index (Phi) is 11.0. The molecule has 2 heterocycles. The summed E-state index contributed by atoms with van der Waals surface area (Å²) in [6, 6.07) is 49.1. The zero-order valence-electron chi connectivity index (χ0n) is 30.1. The van der Waals surface area contributed by atoms with Crippen molar-refractivity contribution in [1.82, 2.24) is 29.9 Å². The Hall–Kier alpha value is -7.46. The van der Waals surface area contributed by atoms with Crippen LogP contribution in [0.15, 0.2) is 158 Å². The van der Waals surface area contributed by atoms with Gasteiger partial charge in [0.1, 0.15) is 23.0 Å². The molecule has 10 heteroatoms. The summed E-state index contributed by atoms with van der Waals surface area (Å²) in [5.74, 6) is 4.31. The molecule has 0 aliphatic rings. The van der Waals surface area contributed by atoms with Crippen molar-refractivity contribution in [1.29, 1.82) is 0 Å². The van der Waals surface area contributed by atoms with E-state index in [9.17, 15) is 10.2 Å². The van der Waals surface area contributed by atoms with E-state index < -0.39 is 0 Å². The van der Waals surface area contributed by atoms with Crippen molar-refractivity contribution in [3.63, 3.8) is 0 Å². The molecule has 8 rings (SSSR count). The minimum Gasteiger partial charge on any atom is -0.507 e. The predicted octanol–water partition coefficient (Wildman–Crippen LogP) is 9.56. The van der Waals surface area contributed by atoms with Crippen LogP contribution in [0.25, 0.3) is 68.3 Å². The molecule has 6 aromatic carbocycles. The third-order valence-corrected chi connectivity index (χ3v) is 8.37. The second kappa shape index (κ2) is 16.9. The van der Waals surface area contributed by atoms with Crippen LogP contribution in [0.3, 0.4) is 0 Å². The zero-order chi connectivity index (χ0) is 38.0. The van der Waals surface area contributed by atoms with Crippen LogP contribution in [-0.4, -0.2) is 53.8 Å². The normalized spacial score (nSPS) is 10.6. The van der Waals surface area contributed by atoms with Gasteiger partial charge in [0.15, 0.2) is 34.9 Å². The van der Waals surface area contributed by atoms with E-state index in [2.05, 4.69) is 29.9 Å². The van der Waals surface area contributed by atoms with Crippen LogP contribution in [0.5, 0.6) is 23.0 Å². The number of benzene rings is 6. The van der Waals surface area contributed by atoms with E-state index in [1.54, 1.807) is 43.5 Å². The Balaban J connectivity index is 0.000000169. The first-order valence-electron chi connectivity index (χ1n) is 17.6. The van der Waals surface area contributed by atoms with Gasteiger partial charge in [0.05, 0.1) is 24.8 Å². The molecule has 0 aliphatic carbocycles. The summed E-state index contributed by atoms with van der Waals surface area (Å²) < 4.78 is 10.6. The highest BCUT2D eigenvalue weighted by Crippen LogP contribution is 2.34. The number of ether oxygens (including phenoxy) is 2. The molecule has 0 saturated carbocycles. The van der Waals surface area contributed by atoms with Crippen LogP contribution >= 0.6 is 0 Å². The van der Waals surface area contributed by atoms with Crippen molar-refractivity contribution in [2.45, 2.75) is 6.92 Å². The first kappa shape index (κ1) is 35.9. The predicted molar refractivity (Wildman–Crippen MR) is 213 cm³/mol. The van der Waals surface area contributed by atoms with Gasteiger partial charge in [-0.1, -0.05) is 121 Å². The fourth-order valence-electron chi connectivity index (χ4n) is 5.64. The Bertz CT molecular complexity index is 2390. The van der Waals surface area contributed by atoms with Gasteiger partial charge >= 0.3 is 0 Å². The number of rotatable bonds is 9. The van der Waals surface area contributed by atoms with Crippen molar-refractivity contribution in [2.24, 2.45) is 0 Å². The molecule has 270 valence electrons. The Labute approximate surface area is 318 Å². The maximum absolute atomic E-state index is 10.5. The van der Waals surface area contributed by atoms with Gasteiger partial charge in [-0.25, -0.2) is 29.9 Å². The highest BCUT2D eigenvalue weighted by Gasteiger charge is 2.17. The van der Waals surface area contributed by atoms with Gasteiger partial charge in [0, 0.05) is 34.4 Å². The quantitative estimate of drug-likeness (QED) is 0.148. The van der Waals surface area contributed by atoms with E-state index in [1.807, 2.05) is 128 Å². The van der Waals surface area contributed by atoms with Crippen molar-refractivity contribution >= 4 is 0 Å². The number of methoxy groups -OCH3 is 1. The Morgan fingerprint density at radius 3 is 1.02 bits per heavy atom. The van der Waals surface area contributed by atoms with Crippen molar-refractivity contribution < 1.29 is 19.7 Å². The molecular weight excluding hydrogens is 689 g/mol. The molecule has 2 N–H and O–H groups in total. The number of hydrogen-bond acceptors (Lipinski definition) is 10. The lowest BCUT2D eigenvalue weighted by Crippen LogP contribution is -2.00. The number of aromatic hydroxyl groups is 2. The summed E-state index contributed by atoms with van der Waals surface area (Å²) in [7, 11) is 1.55. The van der Waals surface area contributed by atoms with Gasteiger partial charge in [0.2, 0.25) is 0 Å². The second-order valence-corrected chi connectivity index (χ2v) is 12.1. The maximum atomic E-state index is 10.5. The number of hydrogen-bond donors (Lipinski definition) is 2. The minimum atomic E-state index is 0.0542. The summed E-state index contributed by atoms with van der Waals surface area (Å²) in [5.41, 5.74) is 4.58. The van der Waals surface area contributed by atoms with Crippen molar-refractivity contribution in [3.05, 3.63) is 158 Å². The zero-order valence-corrected chi connectivity index (χ0v) is 30.1. The Morgan fingerprint density at radius 2 is 0.709 bits per heavy atom. The topological polar surface area (TPSA) is 136 Å². The van der Waals surface area contributed by atoms with Crippen molar-refractivity contribution in [3.8, 4) is 91.3 Å². The highest BCUT2D eigenvalue weighted by molar-refractivity contribution is 5.72. The van der Waals surface area contributed by atoms with Gasteiger partial charge in [0.25, 0.3) is 0 Å². The van der Waals surface area contributed by atoms with Crippen molar-refractivity contribution in [2.75, 3.05) is 13.7 Å². The standard InChI is InChI=1S/C23H19N3O2.C22H17N3O2/c1-2-28-18-13-14-19(20(27)15-18)23-25-21(16-9-5-3-6-10-16)24-22(26-23)17-11-7-4-8-12-17;1-27-17-12-13-18(19(26)14-17)22-24-20(15-8-4-2-5-9-15)23-21(25-22)16-10-6-3-7-11-16/h3-15,27H,2H2,1H3;2-14,26H,1H3. The van der Waals surface area contributed by atoms with E-state index in [0.29, 0.717) is 64.2 Å². The van der Waals surface area contributed by atoms with Crippen LogP contribution in [-0.2, 0) is 0 Å². The summed E-state index contributed by atoms with van der Waals surface area (Å²) in [4.78, 5) is 27.7. The third kappa shape index (κ3) is 8.61. The van der Waals surface area contributed by atoms with Gasteiger partial charge in [-0.2, -0.15) is 0 Å². The highest BCUT2D eigenvalue weighted by atomic mass is 16.5. The lowest BCUT2D eigenvalue weighted by Gasteiger charge is -2.10. The van der Waals surface area contributed by atoms with Gasteiger partial charge in [-0.15, -0.1) is 0 Å². The summed E-state index contributed by atoms with van der Waals surface area (Å²) >= 11 is 0. The fourth-order valence-corrected chi connectivity index (χ4v) is 5.64. The summed E-state index contributed by atoms with van der Waals surface area (Å²) in [5, 5.41) is 20.9. The lowest BCUT2D eigenvalue weighted by atomic mass is 10.1. The van der Waals surface area contributed by atoms with Gasteiger partial charge in [-0.05, 0) is 31.2 Å². The van der Waals surface area contributed by atoms with Crippen LogP contribution in [0.2, 0.25) is 0 Å². The largest absolute Gasteiger partial charge is 0.507 e. The maximum Gasteiger partial charge on any atom is 0.167 e. The second-order valence-electron chi connectivity index (χ2n) is 12.1. The van der Waals surface area contributed by atoms with Crippen LogP contribution in [0.4, 0.5) is 0 Å². The van der Waals surface area contributed by atoms with E-state index in [4.69, 9.17) is 9.47 Å². The molecule has 0 saturated heterocycles. The summed E-state index contributed by atoms with van der Waals surface area (Å²) in [6.07, 6.45) is 0. The third-order valence-electron chi connectivity index (χ3n) is 8.37. The molecular formula is C45H36N6O4. The summed E-state index contributed by atoms with van der Waals surface area (Å²) in [6.45, 7) is 2.43. The number of phenolic OH excluding ortho intramolecular Hbond substituents is 2. The van der Waals surface area contributed by atoms with Crippen LogP contribution in [0, 0.1) is 0 Å². The number of nitrogens with zero attached hydrogens (tertiary/aromatic N) is 6. The molecule has 0 aliphatic heterocycles. The van der Waals surface area contributed by atoms with E-state index in [-0.39, 0.29) is 11.5 Å². The fraction of sp³-hybridized carbons (Fsp3) is 0.0667. The molecule has 2 aromatic heterocycles. The van der Waals surface area contributed by atoms with E-state index in [1.165, 1.54) is 0 Å². The smallest absolute Gasteiger partial charge is 0.167 e.